The second-order valence-corrected chi connectivity index (χ2v) is 6.91. The molecular weight excluding hydrogens is 264 g/mol. The molecule has 0 aromatic heterocycles. The van der Waals surface area contributed by atoms with E-state index in [0.717, 1.165) is 12.4 Å². The second-order valence-electron chi connectivity index (χ2n) is 4.27. The molecule has 0 bridgehead atoms. The summed E-state index contributed by atoms with van der Waals surface area (Å²) in [6.07, 6.45) is 2.27. The van der Waals surface area contributed by atoms with Crippen LogP contribution in [0.5, 0.6) is 0 Å². The monoisotopic (exact) mass is 290 g/mol. The van der Waals surface area contributed by atoms with Crippen LogP contribution in [-0.4, -0.2) is 47.9 Å². The predicted octanol–water partition coefficient (Wildman–Crippen LogP) is 2.35. The standard InChI is InChI=1S/C13H26O5Si/c1-5-16-19(17-6-2,18-7-3)9-8-12(4)14-10-13-11-15-13/h8,13H,5-7,9-11H2,1-4H3/b12-8+. The molecule has 1 heterocycles. The molecule has 1 aliphatic rings. The zero-order valence-corrected chi connectivity index (χ0v) is 13.4. The first-order valence-corrected chi connectivity index (χ1v) is 8.92. The quantitative estimate of drug-likeness (QED) is 0.332. The summed E-state index contributed by atoms with van der Waals surface area (Å²) >= 11 is 0. The molecule has 1 fully saturated rings. The second kappa shape index (κ2) is 8.71. The first-order valence-electron chi connectivity index (χ1n) is 6.98. The minimum absolute atomic E-state index is 0.274. The van der Waals surface area contributed by atoms with Gasteiger partial charge in [0.2, 0.25) is 0 Å². The number of epoxide rings is 1. The maximum absolute atomic E-state index is 5.77. The molecule has 1 rings (SSSR count). The fourth-order valence-electron chi connectivity index (χ4n) is 1.68. The van der Waals surface area contributed by atoms with E-state index in [2.05, 4.69) is 0 Å². The molecule has 0 amide bonds. The third-order valence-corrected chi connectivity index (χ3v) is 5.52. The van der Waals surface area contributed by atoms with Crippen molar-refractivity contribution < 1.29 is 22.8 Å². The van der Waals surface area contributed by atoms with Crippen LogP contribution in [0.2, 0.25) is 6.04 Å². The van der Waals surface area contributed by atoms with Gasteiger partial charge in [0.15, 0.2) is 0 Å². The van der Waals surface area contributed by atoms with Crippen LogP contribution in [-0.2, 0) is 22.8 Å². The van der Waals surface area contributed by atoms with E-state index in [1.165, 1.54) is 0 Å². The van der Waals surface area contributed by atoms with Crippen LogP contribution in [0.15, 0.2) is 11.8 Å². The summed E-state index contributed by atoms with van der Waals surface area (Å²) in [6, 6.07) is 0.639. The minimum Gasteiger partial charge on any atom is -0.496 e. The van der Waals surface area contributed by atoms with Gasteiger partial charge in [-0.1, -0.05) is 0 Å². The van der Waals surface area contributed by atoms with Crippen molar-refractivity contribution in [3.8, 4) is 0 Å². The third-order valence-electron chi connectivity index (χ3n) is 2.63. The van der Waals surface area contributed by atoms with Crippen molar-refractivity contribution in [1.82, 2.24) is 0 Å². The molecule has 5 nitrogen and oxygen atoms in total. The Balaban J connectivity index is 2.49. The summed E-state index contributed by atoms with van der Waals surface area (Å²) in [4.78, 5) is 0. The SMILES string of the molecule is CCO[Si](C/C=C(\C)OCC1CO1)(OCC)OCC. The lowest BCUT2D eigenvalue weighted by molar-refractivity contribution is 0.0738. The molecule has 1 atom stereocenters. The van der Waals surface area contributed by atoms with Crippen LogP contribution in [0.1, 0.15) is 27.7 Å². The smallest absolute Gasteiger partial charge is 0.496 e. The van der Waals surface area contributed by atoms with Gasteiger partial charge in [-0.2, -0.15) is 0 Å². The van der Waals surface area contributed by atoms with E-state index in [-0.39, 0.29) is 6.10 Å². The first-order chi connectivity index (χ1) is 9.15. The van der Waals surface area contributed by atoms with Gasteiger partial charge >= 0.3 is 8.80 Å². The van der Waals surface area contributed by atoms with E-state index in [4.69, 9.17) is 22.8 Å². The number of hydrogen-bond acceptors (Lipinski definition) is 5. The topological polar surface area (TPSA) is 49.5 Å². The molecule has 0 aromatic carbocycles. The average Bonchev–Trinajstić information content (AvgIpc) is 3.19. The average molecular weight is 290 g/mol. The van der Waals surface area contributed by atoms with Gasteiger partial charge in [0, 0.05) is 25.9 Å². The van der Waals surface area contributed by atoms with E-state index in [1.54, 1.807) is 0 Å². The Morgan fingerprint density at radius 2 is 1.68 bits per heavy atom. The van der Waals surface area contributed by atoms with Gasteiger partial charge in [-0.25, -0.2) is 0 Å². The molecule has 0 aliphatic carbocycles. The summed E-state index contributed by atoms with van der Waals surface area (Å²) in [6.45, 7) is 11.0. The van der Waals surface area contributed by atoms with Gasteiger partial charge in [-0.15, -0.1) is 0 Å². The molecular formula is C13H26O5Si. The molecule has 0 N–H and O–H groups in total. The summed E-state index contributed by atoms with van der Waals surface area (Å²) in [5.74, 6) is 0.867. The van der Waals surface area contributed by atoms with Crippen LogP contribution >= 0.6 is 0 Å². The van der Waals surface area contributed by atoms with Gasteiger partial charge in [-0.05, 0) is 33.8 Å². The van der Waals surface area contributed by atoms with Gasteiger partial charge in [0.25, 0.3) is 0 Å². The highest BCUT2D eigenvalue weighted by Crippen LogP contribution is 2.19. The lowest BCUT2D eigenvalue weighted by Crippen LogP contribution is -2.45. The maximum atomic E-state index is 5.77. The summed E-state index contributed by atoms with van der Waals surface area (Å²) in [5.41, 5.74) is 0. The van der Waals surface area contributed by atoms with Crippen LogP contribution in [0.25, 0.3) is 0 Å². The van der Waals surface area contributed by atoms with Crippen molar-refractivity contribution >= 4 is 8.80 Å². The maximum Gasteiger partial charge on any atom is 0.505 e. The fraction of sp³-hybridized carbons (Fsp3) is 0.846. The van der Waals surface area contributed by atoms with Gasteiger partial charge in [-0.3, -0.25) is 0 Å². The molecule has 0 saturated carbocycles. The summed E-state index contributed by atoms with van der Waals surface area (Å²) < 4.78 is 28.0. The Kier molecular flexibility index (Phi) is 7.63. The molecule has 0 aromatic rings. The Labute approximate surface area is 117 Å². The van der Waals surface area contributed by atoms with Crippen LogP contribution in [0, 0.1) is 0 Å². The van der Waals surface area contributed by atoms with Crippen LogP contribution in [0.3, 0.4) is 0 Å². The number of ether oxygens (including phenoxy) is 2. The highest BCUT2D eigenvalue weighted by atomic mass is 28.4. The zero-order valence-electron chi connectivity index (χ0n) is 12.4. The molecule has 1 aliphatic heterocycles. The minimum atomic E-state index is -2.59. The Bertz CT molecular complexity index is 261. The molecule has 6 heteroatoms. The Hall–Kier alpha value is -0.403. The number of rotatable bonds is 11. The number of hydrogen-bond donors (Lipinski definition) is 0. The molecule has 1 unspecified atom stereocenters. The Morgan fingerprint density at radius 3 is 2.11 bits per heavy atom. The normalized spacial score (nSPS) is 19.6. The Morgan fingerprint density at radius 1 is 1.16 bits per heavy atom. The van der Waals surface area contributed by atoms with Crippen molar-refractivity contribution in [2.24, 2.45) is 0 Å². The van der Waals surface area contributed by atoms with E-state index in [9.17, 15) is 0 Å². The molecule has 0 spiro atoms. The van der Waals surface area contributed by atoms with Crippen LogP contribution in [0.4, 0.5) is 0 Å². The highest BCUT2D eigenvalue weighted by Gasteiger charge is 2.39. The molecule has 0 radical (unpaired) electrons. The molecule has 1 saturated heterocycles. The van der Waals surface area contributed by atoms with Crippen molar-refractivity contribution in [3.63, 3.8) is 0 Å². The van der Waals surface area contributed by atoms with Crippen LogP contribution < -0.4 is 0 Å². The van der Waals surface area contributed by atoms with Gasteiger partial charge in [0.05, 0.1) is 12.4 Å². The lowest BCUT2D eigenvalue weighted by atomic mass is 10.5. The van der Waals surface area contributed by atoms with E-state index in [0.29, 0.717) is 32.5 Å². The predicted molar refractivity (Wildman–Crippen MR) is 74.9 cm³/mol. The third kappa shape index (κ3) is 6.53. The number of allylic oxidation sites excluding steroid dienone is 2. The van der Waals surface area contributed by atoms with Crippen molar-refractivity contribution in [1.29, 1.82) is 0 Å². The highest BCUT2D eigenvalue weighted by molar-refractivity contribution is 6.61. The fourth-order valence-corrected chi connectivity index (χ4v) is 4.14. The molecule has 19 heavy (non-hydrogen) atoms. The van der Waals surface area contributed by atoms with Crippen molar-refractivity contribution in [2.45, 2.75) is 39.8 Å². The van der Waals surface area contributed by atoms with E-state index >= 15 is 0 Å². The first kappa shape index (κ1) is 16.7. The summed E-state index contributed by atoms with van der Waals surface area (Å²) in [7, 11) is -2.59. The van der Waals surface area contributed by atoms with E-state index in [1.807, 2.05) is 33.8 Å². The van der Waals surface area contributed by atoms with E-state index < -0.39 is 8.80 Å². The van der Waals surface area contributed by atoms with Crippen molar-refractivity contribution in [3.05, 3.63) is 11.8 Å². The molecule has 112 valence electrons. The lowest BCUT2D eigenvalue weighted by Gasteiger charge is -2.27. The largest absolute Gasteiger partial charge is 0.505 e. The van der Waals surface area contributed by atoms with Gasteiger partial charge in [0.1, 0.15) is 12.7 Å². The summed E-state index contributed by atoms with van der Waals surface area (Å²) in [5, 5.41) is 0. The zero-order chi connectivity index (χ0) is 14.1. The van der Waals surface area contributed by atoms with Crippen molar-refractivity contribution in [2.75, 3.05) is 33.0 Å². The van der Waals surface area contributed by atoms with Gasteiger partial charge < -0.3 is 22.8 Å².